The van der Waals surface area contributed by atoms with Gasteiger partial charge in [0.05, 0.1) is 7.11 Å². The van der Waals surface area contributed by atoms with Crippen LogP contribution in [0.15, 0.2) is 24.3 Å². The Hall–Kier alpha value is -1.55. The predicted molar refractivity (Wildman–Crippen MR) is 86.7 cm³/mol. The maximum absolute atomic E-state index is 11.7. The standard InChI is InChI=1S/C17H28N2O2/c1-13(12-14-6-8-15(21-5)9-7-14)18-11-10-16(20)19-17(2,3)4/h6-9,13,18H,10-12H2,1-5H3,(H,19,20). The van der Waals surface area contributed by atoms with Crippen LogP contribution in [-0.4, -0.2) is 31.1 Å². The average Bonchev–Trinajstić information content (AvgIpc) is 2.37. The molecule has 0 radical (unpaired) electrons. The van der Waals surface area contributed by atoms with Crippen molar-refractivity contribution >= 4 is 5.91 Å². The molecule has 0 bridgehead atoms. The molecule has 0 saturated carbocycles. The summed E-state index contributed by atoms with van der Waals surface area (Å²) in [5.41, 5.74) is 1.10. The molecular formula is C17H28N2O2. The molecule has 1 aromatic rings. The zero-order valence-electron chi connectivity index (χ0n) is 13.8. The van der Waals surface area contributed by atoms with Gasteiger partial charge in [0.25, 0.3) is 0 Å². The van der Waals surface area contributed by atoms with E-state index in [1.807, 2.05) is 32.9 Å². The van der Waals surface area contributed by atoms with Crippen LogP contribution in [0.1, 0.15) is 39.7 Å². The van der Waals surface area contributed by atoms with Gasteiger partial charge in [-0.15, -0.1) is 0 Å². The number of rotatable bonds is 7. The number of carbonyl (C=O) groups is 1. The minimum Gasteiger partial charge on any atom is -0.497 e. The maximum Gasteiger partial charge on any atom is 0.221 e. The number of hydrogen-bond acceptors (Lipinski definition) is 3. The summed E-state index contributed by atoms with van der Waals surface area (Å²) in [7, 11) is 1.67. The monoisotopic (exact) mass is 292 g/mol. The van der Waals surface area contributed by atoms with E-state index < -0.39 is 0 Å². The molecule has 0 aromatic heterocycles. The highest BCUT2D eigenvalue weighted by Gasteiger charge is 2.13. The van der Waals surface area contributed by atoms with Crippen LogP contribution >= 0.6 is 0 Å². The third-order valence-electron chi connectivity index (χ3n) is 3.06. The molecule has 0 aliphatic carbocycles. The quantitative estimate of drug-likeness (QED) is 0.812. The fourth-order valence-electron chi connectivity index (χ4n) is 2.10. The SMILES string of the molecule is COc1ccc(CC(C)NCCC(=O)NC(C)(C)C)cc1. The van der Waals surface area contributed by atoms with E-state index >= 15 is 0 Å². The summed E-state index contributed by atoms with van der Waals surface area (Å²) in [6.07, 6.45) is 1.44. The third-order valence-corrected chi connectivity index (χ3v) is 3.06. The smallest absolute Gasteiger partial charge is 0.221 e. The molecule has 1 rings (SSSR count). The van der Waals surface area contributed by atoms with Crippen LogP contribution in [0.25, 0.3) is 0 Å². The number of methoxy groups -OCH3 is 1. The van der Waals surface area contributed by atoms with Crippen molar-refractivity contribution < 1.29 is 9.53 Å². The van der Waals surface area contributed by atoms with Crippen LogP contribution in [0.2, 0.25) is 0 Å². The first-order valence-corrected chi connectivity index (χ1v) is 7.47. The van der Waals surface area contributed by atoms with E-state index in [2.05, 4.69) is 29.7 Å². The first-order valence-electron chi connectivity index (χ1n) is 7.47. The molecule has 1 amide bonds. The normalized spacial score (nSPS) is 12.8. The molecule has 0 saturated heterocycles. The molecule has 1 unspecified atom stereocenters. The highest BCUT2D eigenvalue weighted by molar-refractivity contribution is 5.76. The van der Waals surface area contributed by atoms with Crippen LogP contribution < -0.4 is 15.4 Å². The number of nitrogens with one attached hydrogen (secondary N) is 2. The minimum absolute atomic E-state index is 0.0895. The highest BCUT2D eigenvalue weighted by Crippen LogP contribution is 2.12. The number of hydrogen-bond donors (Lipinski definition) is 2. The van der Waals surface area contributed by atoms with E-state index in [1.165, 1.54) is 5.56 Å². The molecule has 118 valence electrons. The van der Waals surface area contributed by atoms with Crippen molar-refractivity contribution in [3.8, 4) is 5.75 Å². The van der Waals surface area contributed by atoms with E-state index in [1.54, 1.807) is 7.11 Å². The lowest BCUT2D eigenvalue weighted by Gasteiger charge is -2.21. The molecule has 21 heavy (non-hydrogen) atoms. The number of benzene rings is 1. The van der Waals surface area contributed by atoms with Gasteiger partial charge in [-0.1, -0.05) is 12.1 Å². The molecule has 0 aliphatic rings. The van der Waals surface area contributed by atoms with Gasteiger partial charge in [0, 0.05) is 24.5 Å². The second-order valence-electron chi connectivity index (χ2n) is 6.46. The molecule has 1 aromatic carbocycles. The van der Waals surface area contributed by atoms with Gasteiger partial charge in [-0.3, -0.25) is 4.79 Å². The number of carbonyl (C=O) groups excluding carboxylic acids is 1. The summed E-state index contributed by atoms with van der Waals surface area (Å²) in [6.45, 7) is 8.80. The molecule has 0 fully saturated rings. The Kier molecular flexibility index (Phi) is 6.69. The van der Waals surface area contributed by atoms with Crippen molar-refractivity contribution in [1.29, 1.82) is 0 Å². The topological polar surface area (TPSA) is 50.4 Å². The molecule has 0 spiro atoms. The van der Waals surface area contributed by atoms with Crippen molar-refractivity contribution in [2.45, 2.75) is 52.1 Å². The van der Waals surface area contributed by atoms with E-state index in [0.717, 1.165) is 12.2 Å². The van der Waals surface area contributed by atoms with Crippen LogP contribution in [0.3, 0.4) is 0 Å². The fraction of sp³-hybridized carbons (Fsp3) is 0.588. The Bertz CT molecular complexity index is 435. The van der Waals surface area contributed by atoms with Gasteiger partial charge < -0.3 is 15.4 Å². The van der Waals surface area contributed by atoms with Crippen LogP contribution in [0.5, 0.6) is 5.75 Å². The van der Waals surface area contributed by atoms with E-state index in [-0.39, 0.29) is 11.4 Å². The van der Waals surface area contributed by atoms with Crippen LogP contribution in [0, 0.1) is 0 Å². The van der Waals surface area contributed by atoms with Gasteiger partial charge in [-0.05, 0) is 51.8 Å². The van der Waals surface area contributed by atoms with Crippen molar-refractivity contribution in [2.75, 3.05) is 13.7 Å². The highest BCUT2D eigenvalue weighted by atomic mass is 16.5. The van der Waals surface area contributed by atoms with Gasteiger partial charge in [-0.2, -0.15) is 0 Å². The Morgan fingerprint density at radius 1 is 1.24 bits per heavy atom. The fourth-order valence-corrected chi connectivity index (χ4v) is 2.10. The molecular weight excluding hydrogens is 264 g/mol. The summed E-state index contributed by atoms with van der Waals surface area (Å²) in [5.74, 6) is 0.963. The Labute approximate surface area is 128 Å². The van der Waals surface area contributed by atoms with Gasteiger partial charge in [0.1, 0.15) is 5.75 Å². The number of ether oxygens (including phenoxy) is 1. The lowest BCUT2D eigenvalue weighted by atomic mass is 10.1. The van der Waals surface area contributed by atoms with Crippen molar-refractivity contribution in [2.24, 2.45) is 0 Å². The average molecular weight is 292 g/mol. The second-order valence-corrected chi connectivity index (χ2v) is 6.46. The van der Waals surface area contributed by atoms with E-state index in [9.17, 15) is 4.79 Å². The summed E-state index contributed by atoms with van der Waals surface area (Å²) in [6, 6.07) is 8.42. The Balaban J connectivity index is 2.27. The first kappa shape index (κ1) is 17.5. The van der Waals surface area contributed by atoms with Crippen molar-refractivity contribution in [3.05, 3.63) is 29.8 Å². The van der Waals surface area contributed by atoms with E-state index in [4.69, 9.17) is 4.74 Å². The van der Waals surface area contributed by atoms with Gasteiger partial charge >= 0.3 is 0 Å². The Morgan fingerprint density at radius 2 is 1.86 bits per heavy atom. The minimum atomic E-state index is -0.161. The second kappa shape index (κ2) is 8.03. The summed E-state index contributed by atoms with van der Waals surface area (Å²) >= 11 is 0. The van der Waals surface area contributed by atoms with E-state index in [0.29, 0.717) is 19.0 Å². The zero-order valence-corrected chi connectivity index (χ0v) is 13.8. The first-order chi connectivity index (χ1) is 9.80. The van der Waals surface area contributed by atoms with Crippen molar-refractivity contribution in [1.82, 2.24) is 10.6 Å². The maximum atomic E-state index is 11.7. The third kappa shape index (κ3) is 7.71. The predicted octanol–water partition coefficient (Wildman–Crippen LogP) is 2.52. The lowest BCUT2D eigenvalue weighted by molar-refractivity contribution is -0.122. The summed E-state index contributed by atoms with van der Waals surface area (Å²) in [5, 5.41) is 6.35. The molecule has 0 heterocycles. The van der Waals surface area contributed by atoms with Gasteiger partial charge in [0.15, 0.2) is 0 Å². The molecule has 0 aliphatic heterocycles. The molecule has 4 heteroatoms. The van der Waals surface area contributed by atoms with Gasteiger partial charge in [0.2, 0.25) is 5.91 Å². The largest absolute Gasteiger partial charge is 0.497 e. The molecule has 2 N–H and O–H groups in total. The lowest BCUT2D eigenvalue weighted by Crippen LogP contribution is -2.42. The Morgan fingerprint density at radius 3 is 2.38 bits per heavy atom. The van der Waals surface area contributed by atoms with Crippen LogP contribution in [-0.2, 0) is 11.2 Å². The zero-order chi connectivity index (χ0) is 15.9. The number of amides is 1. The van der Waals surface area contributed by atoms with Gasteiger partial charge in [-0.25, -0.2) is 0 Å². The molecule has 4 nitrogen and oxygen atoms in total. The summed E-state index contributed by atoms with van der Waals surface area (Å²) < 4.78 is 5.15. The molecule has 1 atom stereocenters. The van der Waals surface area contributed by atoms with Crippen molar-refractivity contribution in [3.63, 3.8) is 0 Å². The van der Waals surface area contributed by atoms with Crippen LogP contribution in [0.4, 0.5) is 0 Å². The summed E-state index contributed by atoms with van der Waals surface area (Å²) in [4.78, 5) is 11.7.